The van der Waals surface area contributed by atoms with E-state index in [1.54, 1.807) is 11.3 Å². The quantitative estimate of drug-likeness (QED) is 0.164. The summed E-state index contributed by atoms with van der Waals surface area (Å²) in [6.45, 7) is 0. The van der Waals surface area contributed by atoms with E-state index in [0.717, 1.165) is 65.8 Å². The molecule has 0 aliphatic rings. The predicted octanol–water partition coefficient (Wildman–Crippen LogP) is 12.7. The number of benzene rings is 7. The summed E-state index contributed by atoms with van der Waals surface area (Å²) in [5.74, 6) is 2.62. The van der Waals surface area contributed by atoms with Gasteiger partial charge in [-0.25, -0.2) is 24.9 Å². The number of thiophene rings is 1. The van der Waals surface area contributed by atoms with E-state index >= 15 is 0 Å². The minimum absolute atomic E-state index is 0.645. The molecule has 0 aliphatic heterocycles. The van der Waals surface area contributed by atoms with Crippen molar-refractivity contribution in [1.82, 2.24) is 24.9 Å². The van der Waals surface area contributed by atoms with Crippen LogP contribution in [0, 0.1) is 0 Å². The zero-order chi connectivity index (χ0) is 36.6. The SMILES string of the molecule is c1ccc(-c2ccc(-c3nc(-c4ccccc4)cc(-c4ccc5c(c4)sc4cccc(-c6nc(-c7ccccc7)nc(-c7ccccc7)n6)c45)n3)cc2)cc1. The molecule has 3 heterocycles. The van der Waals surface area contributed by atoms with Gasteiger partial charge >= 0.3 is 0 Å². The maximum absolute atomic E-state index is 5.17. The van der Waals surface area contributed by atoms with E-state index in [-0.39, 0.29) is 0 Å². The number of aromatic nitrogens is 5. The lowest BCUT2D eigenvalue weighted by Gasteiger charge is -2.11. The third-order valence-corrected chi connectivity index (χ3v) is 10.9. The Morgan fingerprint density at radius 2 is 0.745 bits per heavy atom. The number of nitrogens with zero attached hydrogens (tertiary/aromatic N) is 5. The van der Waals surface area contributed by atoms with Gasteiger partial charge in [-0.15, -0.1) is 11.3 Å². The molecular formula is C49H31N5S. The van der Waals surface area contributed by atoms with Crippen molar-refractivity contribution >= 4 is 31.5 Å². The molecule has 6 heteroatoms. The Morgan fingerprint density at radius 3 is 1.36 bits per heavy atom. The molecule has 5 nitrogen and oxygen atoms in total. The van der Waals surface area contributed by atoms with E-state index in [1.807, 2.05) is 84.9 Å². The smallest absolute Gasteiger partial charge is 0.164 e. The second-order valence-electron chi connectivity index (χ2n) is 13.3. The maximum atomic E-state index is 5.17. The van der Waals surface area contributed by atoms with Crippen LogP contribution < -0.4 is 0 Å². The Balaban J connectivity index is 1.10. The van der Waals surface area contributed by atoms with Crippen LogP contribution in [0.2, 0.25) is 0 Å². The van der Waals surface area contributed by atoms with Crippen molar-refractivity contribution in [2.75, 3.05) is 0 Å². The Bertz CT molecular complexity index is 2890. The van der Waals surface area contributed by atoms with Gasteiger partial charge in [-0.05, 0) is 29.3 Å². The van der Waals surface area contributed by atoms with Crippen molar-refractivity contribution in [3.8, 4) is 79.2 Å². The molecule has 0 fully saturated rings. The van der Waals surface area contributed by atoms with Crippen molar-refractivity contribution < 1.29 is 0 Å². The number of hydrogen-bond donors (Lipinski definition) is 0. The lowest BCUT2D eigenvalue weighted by atomic mass is 10.0. The molecule has 10 rings (SSSR count). The van der Waals surface area contributed by atoms with Gasteiger partial charge in [0, 0.05) is 53.6 Å². The molecule has 0 aliphatic carbocycles. The first-order chi connectivity index (χ1) is 27.2. The van der Waals surface area contributed by atoms with Gasteiger partial charge in [0.15, 0.2) is 23.3 Å². The van der Waals surface area contributed by atoms with Gasteiger partial charge in [0.25, 0.3) is 0 Å². The first kappa shape index (κ1) is 32.5. The average Bonchev–Trinajstić information content (AvgIpc) is 3.66. The summed E-state index contributed by atoms with van der Waals surface area (Å²) in [5.41, 5.74) is 9.99. The first-order valence-electron chi connectivity index (χ1n) is 18.2. The van der Waals surface area contributed by atoms with Crippen molar-refractivity contribution in [3.05, 3.63) is 188 Å². The molecule has 0 bridgehead atoms. The normalized spacial score (nSPS) is 11.3. The fourth-order valence-electron chi connectivity index (χ4n) is 7.02. The van der Waals surface area contributed by atoms with Gasteiger partial charge in [-0.1, -0.05) is 170 Å². The van der Waals surface area contributed by atoms with E-state index < -0.39 is 0 Å². The van der Waals surface area contributed by atoms with Crippen LogP contribution in [-0.2, 0) is 0 Å². The topological polar surface area (TPSA) is 64.5 Å². The Labute approximate surface area is 322 Å². The van der Waals surface area contributed by atoms with Gasteiger partial charge in [0.05, 0.1) is 11.4 Å². The minimum atomic E-state index is 0.645. The average molecular weight is 722 g/mol. The molecule has 55 heavy (non-hydrogen) atoms. The number of rotatable bonds is 7. The summed E-state index contributed by atoms with van der Waals surface area (Å²) in [6, 6.07) is 64.6. The van der Waals surface area contributed by atoms with Crippen LogP contribution in [0.15, 0.2) is 188 Å². The highest BCUT2D eigenvalue weighted by atomic mass is 32.1. The molecule has 0 spiro atoms. The van der Waals surface area contributed by atoms with E-state index in [1.165, 1.54) is 10.3 Å². The molecule has 0 amide bonds. The van der Waals surface area contributed by atoms with Gasteiger partial charge in [-0.2, -0.15) is 0 Å². The van der Waals surface area contributed by atoms with E-state index in [9.17, 15) is 0 Å². The summed E-state index contributed by atoms with van der Waals surface area (Å²) in [5, 5.41) is 2.28. The van der Waals surface area contributed by atoms with Crippen LogP contribution in [0.1, 0.15) is 0 Å². The Morgan fingerprint density at radius 1 is 0.291 bits per heavy atom. The Hall–Kier alpha value is -7.15. The molecule has 0 atom stereocenters. The van der Waals surface area contributed by atoms with E-state index in [4.69, 9.17) is 24.9 Å². The summed E-state index contributed by atoms with van der Waals surface area (Å²) >= 11 is 1.77. The van der Waals surface area contributed by atoms with Gasteiger partial charge in [0.1, 0.15) is 0 Å². The van der Waals surface area contributed by atoms with Crippen LogP contribution in [0.5, 0.6) is 0 Å². The highest BCUT2D eigenvalue weighted by Gasteiger charge is 2.18. The number of hydrogen-bond acceptors (Lipinski definition) is 6. The summed E-state index contributed by atoms with van der Waals surface area (Å²) in [7, 11) is 0. The lowest BCUT2D eigenvalue weighted by Crippen LogP contribution is -2.00. The van der Waals surface area contributed by atoms with Gasteiger partial charge in [0.2, 0.25) is 0 Å². The lowest BCUT2D eigenvalue weighted by molar-refractivity contribution is 1.08. The first-order valence-corrected chi connectivity index (χ1v) is 19.0. The highest BCUT2D eigenvalue weighted by Crippen LogP contribution is 2.41. The van der Waals surface area contributed by atoms with Gasteiger partial charge in [-0.3, -0.25) is 0 Å². The molecule has 0 unspecified atom stereocenters. The monoisotopic (exact) mass is 721 g/mol. The van der Waals surface area contributed by atoms with Crippen molar-refractivity contribution in [2.24, 2.45) is 0 Å². The van der Waals surface area contributed by atoms with Crippen molar-refractivity contribution in [2.45, 2.75) is 0 Å². The minimum Gasteiger partial charge on any atom is -0.228 e. The van der Waals surface area contributed by atoms with Crippen molar-refractivity contribution in [3.63, 3.8) is 0 Å². The summed E-state index contributed by atoms with van der Waals surface area (Å²) in [4.78, 5) is 25.3. The molecule has 10 aromatic rings. The third kappa shape index (κ3) is 6.35. The predicted molar refractivity (Wildman–Crippen MR) is 226 cm³/mol. The molecule has 0 saturated carbocycles. The van der Waals surface area contributed by atoms with E-state index in [2.05, 4.69) is 103 Å². The standard InChI is InChI=1S/C49H31N5S/c1-5-14-32(15-6-1)33-24-26-37(27-25-33)46-50-41(34-16-7-2-8-17-34)31-42(51-46)38-28-29-39-44(30-38)55-43-23-13-22-40(45(39)43)49-53-47(35-18-9-3-10-19-35)52-48(54-49)36-20-11-4-12-21-36/h1-31H. The molecule has 3 aromatic heterocycles. The fraction of sp³-hybridized carbons (Fsp3) is 0. The maximum Gasteiger partial charge on any atom is 0.164 e. The van der Waals surface area contributed by atoms with Crippen molar-refractivity contribution in [1.29, 1.82) is 0 Å². The van der Waals surface area contributed by atoms with Crippen LogP contribution in [0.3, 0.4) is 0 Å². The molecule has 0 radical (unpaired) electrons. The summed E-state index contributed by atoms with van der Waals surface area (Å²) < 4.78 is 2.33. The molecule has 258 valence electrons. The molecule has 0 saturated heterocycles. The molecule has 7 aromatic carbocycles. The molecular weight excluding hydrogens is 691 g/mol. The van der Waals surface area contributed by atoms with Crippen LogP contribution >= 0.6 is 11.3 Å². The summed E-state index contributed by atoms with van der Waals surface area (Å²) in [6.07, 6.45) is 0. The Kier molecular flexibility index (Phi) is 8.28. The van der Waals surface area contributed by atoms with Crippen LogP contribution in [0.25, 0.3) is 99.4 Å². The van der Waals surface area contributed by atoms with Crippen LogP contribution in [0.4, 0.5) is 0 Å². The molecule has 0 N–H and O–H groups in total. The van der Waals surface area contributed by atoms with Gasteiger partial charge < -0.3 is 0 Å². The van der Waals surface area contributed by atoms with Crippen LogP contribution in [-0.4, -0.2) is 24.9 Å². The second kappa shape index (κ2) is 14.0. The number of fused-ring (bicyclic) bond motifs is 3. The zero-order valence-corrected chi connectivity index (χ0v) is 30.4. The van der Waals surface area contributed by atoms with E-state index in [0.29, 0.717) is 23.3 Å². The second-order valence-corrected chi connectivity index (χ2v) is 14.4. The fourth-order valence-corrected chi connectivity index (χ4v) is 8.20. The highest BCUT2D eigenvalue weighted by molar-refractivity contribution is 7.26. The third-order valence-electron chi connectivity index (χ3n) is 9.78. The largest absolute Gasteiger partial charge is 0.228 e. The zero-order valence-electron chi connectivity index (χ0n) is 29.5.